The zero-order valence-corrected chi connectivity index (χ0v) is 12.5. The van der Waals surface area contributed by atoms with E-state index in [2.05, 4.69) is 6.92 Å². The molecule has 1 aromatic carbocycles. The first kappa shape index (κ1) is 15.7. The number of carbonyl (C=O) groups excluding carboxylic acids is 1. The van der Waals surface area contributed by atoms with Crippen LogP contribution in [0.3, 0.4) is 0 Å². The summed E-state index contributed by atoms with van der Waals surface area (Å²) in [6.45, 7) is 6.91. The topological polar surface area (TPSA) is 26.3 Å². The molecule has 0 saturated heterocycles. The highest BCUT2D eigenvalue weighted by Crippen LogP contribution is 2.20. The lowest BCUT2D eigenvalue weighted by atomic mass is 10.0. The number of carbonyl (C=O) groups is 1. The van der Waals surface area contributed by atoms with Gasteiger partial charge in [0, 0.05) is 5.56 Å². The second-order valence-corrected chi connectivity index (χ2v) is 5.20. The SMILES string of the molecule is CCCCCCCCOc1cc(C)c(C=O)c(C)c1. The van der Waals surface area contributed by atoms with Gasteiger partial charge in [-0.1, -0.05) is 39.0 Å². The lowest BCUT2D eigenvalue weighted by molar-refractivity contribution is 0.112. The zero-order valence-electron chi connectivity index (χ0n) is 12.5. The van der Waals surface area contributed by atoms with Gasteiger partial charge in [0.25, 0.3) is 0 Å². The third-order valence-corrected chi connectivity index (χ3v) is 3.45. The van der Waals surface area contributed by atoms with Crippen molar-refractivity contribution in [3.05, 3.63) is 28.8 Å². The van der Waals surface area contributed by atoms with Gasteiger partial charge in [0.2, 0.25) is 0 Å². The van der Waals surface area contributed by atoms with Crippen molar-refractivity contribution in [3.63, 3.8) is 0 Å². The molecule has 0 radical (unpaired) electrons. The molecule has 0 atom stereocenters. The predicted molar refractivity (Wildman–Crippen MR) is 80.2 cm³/mol. The molecule has 2 nitrogen and oxygen atoms in total. The van der Waals surface area contributed by atoms with Crippen LogP contribution < -0.4 is 4.74 Å². The average molecular weight is 262 g/mol. The van der Waals surface area contributed by atoms with E-state index in [1.807, 2.05) is 26.0 Å². The van der Waals surface area contributed by atoms with E-state index in [1.54, 1.807) is 0 Å². The Kier molecular flexibility index (Phi) is 7.24. The van der Waals surface area contributed by atoms with Gasteiger partial charge in [-0.3, -0.25) is 4.79 Å². The average Bonchev–Trinajstić information content (AvgIpc) is 2.37. The van der Waals surface area contributed by atoms with Crippen molar-refractivity contribution >= 4 is 6.29 Å². The zero-order chi connectivity index (χ0) is 14.1. The maximum absolute atomic E-state index is 10.9. The third-order valence-electron chi connectivity index (χ3n) is 3.45. The second kappa shape index (κ2) is 8.73. The Morgan fingerprint density at radius 3 is 2.16 bits per heavy atom. The number of hydrogen-bond acceptors (Lipinski definition) is 2. The summed E-state index contributed by atoms with van der Waals surface area (Å²) in [4.78, 5) is 10.9. The van der Waals surface area contributed by atoms with Crippen LogP contribution in [0.2, 0.25) is 0 Å². The van der Waals surface area contributed by atoms with Gasteiger partial charge in [-0.25, -0.2) is 0 Å². The smallest absolute Gasteiger partial charge is 0.150 e. The maximum Gasteiger partial charge on any atom is 0.150 e. The van der Waals surface area contributed by atoms with Gasteiger partial charge in [-0.15, -0.1) is 0 Å². The van der Waals surface area contributed by atoms with Gasteiger partial charge < -0.3 is 4.74 Å². The Bertz CT molecular complexity index is 373. The minimum atomic E-state index is 0.769. The fourth-order valence-electron chi connectivity index (χ4n) is 2.28. The highest BCUT2D eigenvalue weighted by atomic mass is 16.5. The summed E-state index contributed by atoms with van der Waals surface area (Å²) in [5.41, 5.74) is 2.77. The molecule has 1 aromatic rings. The Morgan fingerprint density at radius 1 is 1.00 bits per heavy atom. The summed E-state index contributed by atoms with van der Waals surface area (Å²) in [6.07, 6.45) is 8.54. The van der Waals surface area contributed by atoms with E-state index in [0.29, 0.717) is 0 Å². The minimum Gasteiger partial charge on any atom is -0.494 e. The van der Waals surface area contributed by atoms with Crippen molar-refractivity contribution in [2.45, 2.75) is 59.3 Å². The van der Waals surface area contributed by atoms with Gasteiger partial charge in [0.1, 0.15) is 5.75 Å². The largest absolute Gasteiger partial charge is 0.494 e. The molecule has 0 bridgehead atoms. The number of rotatable bonds is 9. The molecular weight excluding hydrogens is 236 g/mol. The standard InChI is InChI=1S/C17H26O2/c1-4-5-6-7-8-9-10-19-16-11-14(2)17(13-18)15(3)12-16/h11-13H,4-10H2,1-3H3. The lowest BCUT2D eigenvalue weighted by Gasteiger charge is -2.10. The highest BCUT2D eigenvalue weighted by Gasteiger charge is 2.04. The van der Waals surface area contributed by atoms with Crippen LogP contribution in [0.1, 0.15) is 66.9 Å². The summed E-state index contributed by atoms with van der Waals surface area (Å²) in [6, 6.07) is 3.90. The molecule has 0 saturated carbocycles. The van der Waals surface area contributed by atoms with Crippen LogP contribution in [0, 0.1) is 13.8 Å². The van der Waals surface area contributed by atoms with Crippen LogP contribution in [-0.4, -0.2) is 12.9 Å². The Labute approximate surface area is 117 Å². The van der Waals surface area contributed by atoms with Gasteiger partial charge >= 0.3 is 0 Å². The molecule has 0 fully saturated rings. The van der Waals surface area contributed by atoms with E-state index >= 15 is 0 Å². The number of aryl methyl sites for hydroxylation is 2. The van der Waals surface area contributed by atoms with E-state index in [9.17, 15) is 4.79 Å². The second-order valence-electron chi connectivity index (χ2n) is 5.20. The van der Waals surface area contributed by atoms with E-state index < -0.39 is 0 Å². The van der Waals surface area contributed by atoms with E-state index in [-0.39, 0.29) is 0 Å². The first-order chi connectivity index (χ1) is 9.19. The molecule has 0 heterocycles. The maximum atomic E-state index is 10.9. The number of benzene rings is 1. The van der Waals surface area contributed by atoms with Gasteiger partial charge in [-0.2, -0.15) is 0 Å². The molecular formula is C17H26O2. The van der Waals surface area contributed by atoms with Crippen molar-refractivity contribution in [2.75, 3.05) is 6.61 Å². The van der Waals surface area contributed by atoms with Gasteiger partial charge in [0.15, 0.2) is 6.29 Å². The first-order valence-corrected chi connectivity index (χ1v) is 7.38. The van der Waals surface area contributed by atoms with Crippen LogP contribution in [0.5, 0.6) is 5.75 Å². The summed E-state index contributed by atoms with van der Waals surface area (Å²) in [5, 5.41) is 0. The van der Waals surface area contributed by atoms with Crippen molar-refractivity contribution in [3.8, 4) is 5.75 Å². The quantitative estimate of drug-likeness (QED) is 0.469. The fourth-order valence-corrected chi connectivity index (χ4v) is 2.28. The molecule has 0 N–H and O–H groups in total. The monoisotopic (exact) mass is 262 g/mol. The van der Waals surface area contributed by atoms with Crippen LogP contribution in [-0.2, 0) is 0 Å². The van der Waals surface area contributed by atoms with E-state index in [4.69, 9.17) is 4.74 Å². The molecule has 106 valence electrons. The molecule has 0 aliphatic rings. The molecule has 2 heteroatoms. The molecule has 1 rings (SSSR count). The number of aldehydes is 1. The molecule has 0 unspecified atom stereocenters. The highest BCUT2D eigenvalue weighted by molar-refractivity contribution is 5.80. The Balaban J connectivity index is 2.32. The van der Waals surface area contributed by atoms with Crippen molar-refractivity contribution in [1.82, 2.24) is 0 Å². The summed E-state index contributed by atoms with van der Waals surface area (Å²) < 4.78 is 5.76. The lowest BCUT2D eigenvalue weighted by Crippen LogP contribution is -2.00. The summed E-state index contributed by atoms with van der Waals surface area (Å²) >= 11 is 0. The fraction of sp³-hybridized carbons (Fsp3) is 0.588. The molecule has 0 aromatic heterocycles. The summed E-state index contributed by atoms with van der Waals surface area (Å²) in [5.74, 6) is 0.883. The molecule has 0 aliphatic heterocycles. The van der Waals surface area contributed by atoms with Crippen LogP contribution in [0.25, 0.3) is 0 Å². The van der Waals surface area contributed by atoms with Crippen molar-refractivity contribution < 1.29 is 9.53 Å². The Morgan fingerprint density at radius 2 is 1.58 bits per heavy atom. The van der Waals surface area contributed by atoms with Crippen LogP contribution in [0.15, 0.2) is 12.1 Å². The molecule has 0 amide bonds. The molecule has 0 aliphatic carbocycles. The third kappa shape index (κ3) is 5.46. The summed E-state index contributed by atoms with van der Waals surface area (Å²) in [7, 11) is 0. The minimum absolute atomic E-state index is 0.769. The number of unbranched alkanes of at least 4 members (excludes halogenated alkanes) is 5. The van der Waals surface area contributed by atoms with E-state index in [0.717, 1.165) is 41.8 Å². The van der Waals surface area contributed by atoms with Crippen LogP contribution in [0.4, 0.5) is 0 Å². The molecule has 19 heavy (non-hydrogen) atoms. The Hall–Kier alpha value is -1.31. The first-order valence-electron chi connectivity index (χ1n) is 7.38. The van der Waals surface area contributed by atoms with Crippen LogP contribution >= 0.6 is 0 Å². The van der Waals surface area contributed by atoms with Crippen molar-refractivity contribution in [2.24, 2.45) is 0 Å². The number of ether oxygens (including phenoxy) is 1. The van der Waals surface area contributed by atoms with Gasteiger partial charge in [-0.05, 0) is 43.5 Å². The van der Waals surface area contributed by atoms with Gasteiger partial charge in [0.05, 0.1) is 6.61 Å². The normalized spacial score (nSPS) is 10.5. The van der Waals surface area contributed by atoms with E-state index in [1.165, 1.54) is 32.1 Å². The predicted octanol–water partition coefficient (Wildman–Crippen LogP) is 4.86. The van der Waals surface area contributed by atoms with Crippen molar-refractivity contribution in [1.29, 1.82) is 0 Å². The molecule has 0 spiro atoms. The number of hydrogen-bond donors (Lipinski definition) is 0.